The normalized spacial score (nSPS) is 11.5. The Morgan fingerprint density at radius 1 is 0.744 bits per heavy atom. The van der Waals surface area contributed by atoms with Crippen molar-refractivity contribution in [2.45, 2.75) is 44.8 Å². The highest BCUT2D eigenvalue weighted by Crippen LogP contribution is 2.18. The van der Waals surface area contributed by atoms with E-state index in [1.165, 1.54) is 18.2 Å². The van der Waals surface area contributed by atoms with Crippen LogP contribution < -0.4 is 27.2 Å². The molecule has 0 heterocycles. The molecule has 0 saturated carbocycles. The van der Waals surface area contributed by atoms with Crippen LogP contribution in [-0.2, 0) is 33.7 Å². The highest BCUT2D eigenvalue weighted by molar-refractivity contribution is 5.72. The average Bonchev–Trinajstić information content (AvgIpc) is 3.01. The first-order chi connectivity index (χ1) is 20.3. The summed E-state index contributed by atoms with van der Waals surface area (Å²) in [7, 11) is 6.90. The molecule has 234 valence electrons. The molecule has 0 bridgehead atoms. The van der Waals surface area contributed by atoms with Crippen LogP contribution in [0.3, 0.4) is 0 Å². The fraction of sp³-hybridized carbons (Fsp3) is 0.412. The number of hydrogen-bond donors (Lipinski definition) is 1. The van der Waals surface area contributed by atoms with Crippen LogP contribution in [0.5, 0.6) is 11.5 Å². The van der Waals surface area contributed by atoms with E-state index in [4.69, 9.17) is 18.9 Å². The highest BCUT2D eigenvalue weighted by atomic mass is 35.5. The number of rotatable bonds is 17. The first-order valence-corrected chi connectivity index (χ1v) is 14.5. The molecule has 9 heteroatoms. The third kappa shape index (κ3) is 13.0. The first kappa shape index (κ1) is 35.4. The molecule has 1 unspecified atom stereocenters. The van der Waals surface area contributed by atoms with E-state index >= 15 is 0 Å². The number of quaternary nitrogens is 1. The minimum atomic E-state index is -0.546. The Hall–Kier alpha value is -3.75. The fourth-order valence-corrected chi connectivity index (χ4v) is 5.12. The van der Waals surface area contributed by atoms with E-state index in [1.807, 2.05) is 54.6 Å². The van der Waals surface area contributed by atoms with Gasteiger partial charge in [0.05, 0.1) is 60.5 Å². The standard InChI is InChI=1S/C34H44N2O6.ClH/c1-36(22-8-12-27-14-18-31(39-2)19-15-27,23-9-13-28-16-20-32(40-3)21-17-28)25-30(24-33(37)41-4)35-34(38)42-26-29-10-6-5-7-11-29;/h5-7,10-11,14-21,30H,8-9,12-13,22-26H2,1-4H3;1H. The van der Waals surface area contributed by atoms with Gasteiger partial charge in [-0.3, -0.25) is 4.79 Å². The number of nitrogens with one attached hydrogen (secondary N) is 1. The Morgan fingerprint density at radius 2 is 1.26 bits per heavy atom. The maximum atomic E-state index is 12.8. The van der Waals surface area contributed by atoms with Crippen LogP contribution in [0.1, 0.15) is 36.0 Å². The van der Waals surface area contributed by atoms with Crippen LogP contribution in [-0.4, -0.2) is 70.6 Å². The zero-order chi connectivity index (χ0) is 30.2. The number of halogens is 1. The smallest absolute Gasteiger partial charge is 0.407 e. The monoisotopic (exact) mass is 612 g/mol. The third-order valence-corrected chi connectivity index (χ3v) is 7.48. The Morgan fingerprint density at radius 3 is 1.72 bits per heavy atom. The molecular formula is C34H45ClN2O6. The molecule has 1 atom stereocenters. The predicted octanol–water partition coefficient (Wildman–Crippen LogP) is 2.58. The lowest BCUT2D eigenvalue weighted by Crippen LogP contribution is -3.00. The third-order valence-electron chi connectivity index (χ3n) is 7.48. The summed E-state index contributed by atoms with van der Waals surface area (Å²) in [6.07, 6.45) is 3.27. The Bertz CT molecular complexity index is 1170. The van der Waals surface area contributed by atoms with E-state index in [-0.39, 0.29) is 31.4 Å². The molecule has 3 aromatic rings. The summed E-state index contributed by atoms with van der Waals surface area (Å²) in [5.41, 5.74) is 3.39. The number of alkyl carbamates (subject to hydrolysis) is 1. The summed E-state index contributed by atoms with van der Waals surface area (Å²) < 4.78 is 21.7. The quantitative estimate of drug-likeness (QED) is 0.186. The van der Waals surface area contributed by atoms with Crippen LogP contribution in [0.15, 0.2) is 78.9 Å². The lowest BCUT2D eigenvalue weighted by Gasteiger charge is -2.37. The van der Waals surface area contributed by atoms with Crippen molar-refractivity contribution >= 4 is 12.1 Å². The zero-order valence-corrected chi connectivity index (χ0v) is 26.5. The molecule has 1 N–H and O–H groups in total. The molecule has 43 heavy (non-hydrogen) atoms. The number of nitrogens with zero attached hydrogens (tertiary/aromatic N) is 1. The van der Waals surface area contributed by atoms with Gasteiger partial charge in [-0.05, 0) is 53.8 Å². The number of carbonyl (C=O) groups excluding carboxylic acids is 2. The number of benzene rings is 3. The van der Waals surface area contributed by atoms with Crippen molar-refractivity contribution in [1.29, 1.82) is 0 Å². The summed E-state index contributed by atoms with van der Waals surface area (Å²) >= 11 is 0. The summed E-state index contributed by atoms with van der Waals surface area (Å²) in [5, 5.41) is 2.94. The molecule has 0 saturated heterocycles. The van der Waals surface area contributed by atoms with Crippen molar-refractivity contribution in [3.05, 3.63) is 95.6 Å². The second kappa shape index (κ2) is 18.7. The Balaban J connectivity index is 0.00000645. The molecule has 0 spiro atoms. The summed E-state index contributed by atoms with van der Waals surface area (Å²) in [6.45, 7) is 2.49. The lowest BCUT2D eigenvalue weighted by molar-refractivity contribution is -0.911. The van der Waals surface area contributed by atoms with Crippen molar-refractivity contribution in [3.8, 4) is 11.5 Å². The number of hydrogen-bond acceptors (Lipinski definition) is 6. The fourth-order valence-electron chi connectivity index (χ4n) is 5.12. The molecule has 0 aliphatic rings. The summed E-state index contributed by atoms with van der Waals surface area (Å²) in [5.74, 6) is 1.31. The van der Waals surface area contributed by atoms with Gasteiger partial charge in [-0.2, -0.15) is 0 Å². The molecule has 1 amide bonds. The van der Waals surface area contributed by atoms with Crippen LogP contribution in [0, 0.1) is 0 Å². The van der Waals surface area contributed by atoms with Gasteiger partial charge in [0, 0.05) is 12.8 Å². The van der Waals surface area contributed by atoms with Crippen molar-refractivity contribution in [1.82, 2.24) is 5.32 Å². The second-order valence-electron chi connectivity index (χ2n) is 10.8. The number of carbonyl (C=O) groups is 2. The molecular weight excluding hydrogens is 568 g/mol. The highest BCUT2D eigenvalue weighted by Gasteiger charge is 2.29. The minimum absolute atomic E-state index is 0. The van der Waals surface area contributed by atoms with E-state index in [9.17, 15) is 9.59 Å². The SMILES string of the molecule is COC(=O)CC(C[N+](C)(CCCc1ccc(OC)cc1)CCCc1ccc(OC)cc1)NC(=O)OCc1ccccc1.[Cl-]. The first-order valence-electron chi connectivity index (χ1n) is 14.5. The average molecular weight is 613 g/mol. The van der Waals surface area contributed by atoms with E-state index in [0.717, 1.165) is 55.8 Å². The van der Waals surface area contributed by atoms with Crippen molar-refractivity contribution < 1.29 is 45.4 Å². The lowest BCUT2D eigenvalue weighted by atomic mass is 10.1. The summed E-state index contributed by atoms with van der Waals surface area (Å²) in [4.78, 5) is 25.1. The van der Waals surface area contributed by atoms with Gasteiger partial charge in [-0.25, -0.2) is 4.79 Å². The molecule has 0 aromatic heterocycles. The zero-order valence-electron chi connectivity index (χ0n) is 25.7. The Labute approximate surface area is 262 Å². The number of methoxy groups -OCH3 is 3. The number of esters is 1. The van der Waals surface area contributed by atoms with Gasteiger partial charge in [0.25, 0.3) is 0 Å². The maximum absolute atomic E-state index is 12.8. The molecule has 0 fully saturated rings. The van der Waals surface area contributed by atoms with E-state index < -0.39 is 12.1 Å². The second-order valence-corrected chi connectivity index (χ2v) is 10.8. The molecule has 3 rings (SSSR count). The summed E-state index contributed by atoms with van der Waals surface area (Å²) in [6, 6.07) is 25.4. The van der Waals surface area contributed by atoms with Gasteiger partial charge in [-0.1, -0.05) is 54.6 Å². The van der Waals surface area contributed by atoms with Crippen LogP contribution >= 0.6 is 0 Å². The largest absolute Gasteiger partial charge is 1.00 e. The van der Waals surface area contributed by atoms with Crippen molar-refractivity contribution in [2.24, 2.45) is 0 Å². The van der Waals surface area contributed by atoms with Crippen molar-refractivity contribution in [2.75, 3.05) is 48.0 Å². The van der Waals surface area contributed by atoms with Crippen molar-refractivity contribution in [3.63, 3.8) is 0 Å². The van der Waals surface area contributed by atoms with Gasteiger partial charge < -0.3 is 41.2 Å². The molecule has 8 nitrogen and oxygen atoms in total. The van der Waals surface area contributed by atoms with Crippen LogP contribution in [0.2, 0.25) is 0 Å². The van der Waals surface area contributed by atoms with Crippen LogP contribution in [0.4, 0.5) is 4.79 Å². The van der Waals surface area contributed by atoms with Gasteiger partial charge in [0.1, 0.15) is 18.1 Å². The van der Waals surface area contributed by atoms with Crippen LogP contribution in [0.25, 0.3) is 0 Å². The van der Waals surface area contributed by atoms with E-state index in [2.05, 4.69) is 36.6 Å². The van der Waals surface area contributed by atoms with Gasteiger partial charge in [-0.15, -0.1) is 0 Å². The van der Waals surface area contributed by atoms with E-state index in [0.29, 0.717) is 11.0 Å². The van der Waals surface area contributed by atoms with E-state index in [1.54, 1.807) is 14.2 Å². The Kier molecular flexibility index (Phi) is 15.4. The number of aryl methyl sites for hydroxylation is 2. The predicted molar refractivity (Wildman–Crippen MR) is 164 cm³/mol. The maximum Gasteiger partial charge on any atom is 0.407 e. The minimum Gasteiger partial charge on any atom is -1.00 e. The number of likely N-dealkylation sites (N-methyl/N-ethyl adjacent to an activating group) is 1. The molecule has 0 aliphatic carbocycles. The topological polar surface area (TPSA) is 83.1 Å². The van der Waals surface area contributed by atoms with Gasteiger partial charge in [0.15, 0.2) is 0 Å². The number of ether oxygens (including phenoxy) is 4. The molecule has 3 aromatic carbocycles. The molecule has 0 aliphatic heterocycles. The van der Waals surface area contributed by atoms with Gasteiger partial charge >= 0.3 is 12.1 Å². The van der Waals surface area contributed by atoms with Gasteiger partial charge in [0.2, 0.25) is 0 Å². The molecule has 0 radical (unpaired) electrons. The number of amides is 1.